The molecule has 37 heavy (non-hydrogen) atoms. The van der Waals surface area contributed by atoms with Gasteiger partial charge in [0.25, 0.3) is 0 Å². The maximum absolute atomic E-state index is 12.0. The fraction of sp³-hybridized carbons (Fsp3) is 0.833. The summed E-state index contributed by atoms with van der Waals surface area (Å²) >= 11 is 3.80. The Hall–Kier alpha value is -1.86. The van der Waals surface area contributed by atoms with Crippen LogP contribution in [0.4, 0.5) is 9.59 Å². The lowest BCUT2D eigenvalue weighted by atomic mass is 10.0. The standard InChI is InChI=1S/C24H40N6O5S2/c31-19(7-3-1-5-17-21-15(13-36-17)27-23(33)29-21)25-9-11-35-12-10-26-20(32)8-4-2-6-18-22-16(14-37-18)28-24(34)30-22/h15-18,21-22H,1-14H2,(H,25,31)(H,26,32)(H2,27,29,33)(H2,28,30,34)/t15-,16-,17-,18-,21-,22-/m0/s1. The maximum atomic E-state index is 12.0. The van der Waals surface area contributed by atoms with E-state index in [9.17, 15) is 19.2 Å². The predicted molar refractivity (Wildman–Crippen MR) is 145 cm³/mol. The van der Waals surface area contributed by atoms with E-state index in [0.717, 1.165) is 50.0 Å². The SMILES string of the molecule is O=C(CCCC[C@@H]1SC[C@@H]2NC(=O)N[C@@H]21)NCCOCCNC(=O)CCCC[C@@H]1SC[C@@H]2NC(=O)N[C@@H]21. The third-order valence-electron chi connectivity index (χ3n) is 7.30. The monoisotopic (exact) mass is 556 g/mol. The topological polar surface area (TPSA) is 150 Å². The van der Waals surface area contributed by atoms with E-state index in [1.165, 1.54) is 0 Å². The normalized spacial score (nSPS) is 29.6. The quantitative estimate of drug-likeness (QED) is 0.121. The van der Waals surface area contributed by atoms with Crippen LogP contribution in [0.1, 0.15) is 51.4 Å². The molecule has 4 aliphatic rings. The molecule has 6 atom stereocenters. The summed E-state index contributed by atoms with van der Waals surface area (Å²) in [6.07, 6.45) is 6.62. The van der Waals surface area contributed by atoms with Crippen molar-refractivity contribution in [1.82, 2.24) is 31.9 Å². The average Bonchev–Trinajstić information content (AvgIpc) is 3.61. The Kier molecular flexibility index (Phi) is 10.9. The molecule has 4 heterocycles. The van der Waals surface area contributed by atoms with Crippen LogP contribution in [0.15, 0.2) is 0 Å². The van der Waals surface area contributed by atoms with Gasteiger partial charge in [0.1, 0.15) is 0 Å². The zero-order chi connectivity index (χ0) is 26.0. The van der Waals surface area contributed by atoms with Crippen molar-refractivity contribution in [3.63, 3.8) is 0 Å². The number of unbranched alkanes of at least 4 members (excludes halogenated alkanes) is 2. The molecule has 6 N–H and O–H groups in total. The summed E-state index contributed by atoms with van der Waals surface area (Å²) in [7, 11) is 0. The van der Waals surface area contributed by atoms with Gasteiger partial charge in [0, 0.05) is 47.9 Å². The number of amides is 6. The molecule has 0 aromatic heterocycles. The molecule has 4 aliphatic heterocycles. The first-order chi connectivity index (χ1) is 18.0. The largest absolute Gasteiger partial charge is 0.378 e. The van der Waals surface area contributed by atoms with E-state index in [-0.39, 0.29) is 48.0 Å². The number of ether oxygens (including phenoxy) is 1. The van der Waals surface area contributed by atoms with Gasteiger partial charge >= 0.3 is 12.1 Å². The number of carbonyl (C=O) groups excluding carboxylic acids is 4. The number of hydrogen-bond acceptors (Lipinski definition) is 7. The molecular weight excluding hydrogens is 516 g/mol. The Labute approximate surface area is 226 Å². The molecule has 0 aromatic carbocycles. The predicted octanol–water partition coefficient (Wildman–Crippen LogP) is 0.687. The molecule has 4 rings (SSSR count). The van der Waals surface area contributed by atoms with Gasteiger partial charge in [-0.25, -0.2) is 9.59 Å². The Balaban J connectivity index is 0.906. The average molecular weight is 557 g/mol. The molecule has 13 heteroatoms. The van der Waals surface area contributed by atoms with Crippen LogP contribution in [0.25, 0.3) is 0 Å². The van der Waals surface area contributed by atoms with Gasteiger partial charge in [-0.3, -0.25) is 9.59 Å². The summed E-state index contributed by atoms with van der Waals surface area (Å²) in [5.41, 5.74) is 0. The molecule has 4 fully saturated rings. The molecule has 0 aromatic rings. The molecule has 11 nitrogen and oxygen atoms in total. The molecule has 4 saturated heterocycles. The van der Waals surface area contributed by atoms with Crippen LogP contribution in [-0.4, -0.2) is 96.4 Å². The van der Waals surface area contributed by atoms with Gasteiger partial charge in [-0.05, 0) is 25.7 Å². The van der Waals surface area contributed by atoms with Crippen molar-refractivity contribution < 1.29 is 23.9 Å². The molecule has 0 aliphatic carbocycles. The first-order valence-electron chi connectivity index (χ1n) is 13.5. The highest BCUT2D eigenvalue weighted by Crippen LogP contribution is 2.34. The highest BCUT2D eigenvalue weighted by molar-refractivity contribution is 8.00. The fourth-order valence-corrected chi connectivity index (χ4v) is 8.44. The van der Waals surface area contributed by atoms with Gasteiger partial charge in [0.05, 0.1) is 37.4 Å². The van der Waals surface area contributed by atoms with E-state index in [4.69, 9.17) is 4.74 Å². The number of thioether (sulfide) groups is 2. The second kappa shape index (κ2) is 14.3. The molecule has 6 amide bonds. The summed E-state index contributed by atoms with van der Waals surface area (Å²) in [4.78, 5) is 46.9. The van der Waals surface area contributed by atoms with Crippen LogP contribution in [-0.2, 0) is 14.3 Å². The third kappa shape index (κ3) is 8.57. The lowest BCUT2D eigenvalue weighted by Crippen LogP contribution is -2.36. The molecular formula is C24H40N6O5S2. The number of rotatable bonds is 16. The Morgan fingerprint density at radius 2 is 1.19 bits per heavy atom. The van der Waals surface area contributed by atoms with Gasteiger partial charge in [-0.15, -0.1) is 0 Å². The molecule has 0 spiro atoms. The summed E-state index contributed by atoms with van der Waals surface area (Å²) in [5.74, 6) is 1.98. The summed E-state index contributed by atoms with van der Waals surface area (Å²) in [6.45, 7) is 1.76. The van der Waals surface area contributed by atoms with Crippen molar-refractivity contribution in [3.8, 4) is 0 Å². The zero-order valence-electron chi connectivity index (χ0n) is 21.2. The van der Waals surface area contributed by atoms with Gasteiger partial charge in [0.15, 0.2) is 0 Å². The van der Waals surface area contributed by atoms with E-state index < -0.39 is 0 Å². The minimum absolute atomic E-state index is 0.0304. The molecule has 0 saturated carbocycles. The maximum Gasteiger partial charge on any atom is 0.315 e. The third-order valence-corrected chi connectivity index (χ3v) is 10.3. The minimum Gasteiger partial charge on any atom is -0.378 e. The van der Waals surface area contributed by atoms with Gasteiger partial charge in [-0.1, -0.05) is 12.8 Å². The number of urea groups is 2. The van der Waals surface area contributed by atoms with Crippen LogP contribution >= 0.6 is 23.5 Å². The molecule has 0 bridgehead atoms. The molecule has 208 valence electrons. The summed E-state index contributed by atoms with van der Waals surface area (Å²) in [5, 5.41) is 18.5. The van der Waals surface area contributed by atoms with Crippen molar-refractivity contribution in [2.24, 2.45) is 0 Å². The molecule has 0 radical (unpaired) electrons. The highest BCUT2D eigenvalue weighted by Gasteiger charge is 2.43. The number of carbonyl (C=O) groups is 4. The smallest absolute Gasteiger partial charge is 0.315 e. The number of fused-ring (bicyclic) bond motifs is 2. The van der Waals surface area contributed by atoms with E-state index in [1.807, 2.05) is 23.5 Å². The second-order valence-corrected chi connectivity index (χ2v) is 12.6. The number of hydrogen-bond donors (Lipinski definition) is 6. The van der Waals surface area contributed by atoms with Crippen LogP contribution in [0.5, 0.6) is 0 Å². The van der Waals surface area contributed by atoms with Gasteiger partial charge in [0.2, 0.25) is 11.8 Å². The lowest BCUT2D eigenvalue weighted by molar-refractivity contribution is -0.121. The van der Waals surface area contributed by atoms with Crippen molar-refractivity contribution in [2.75, 3.05) is 37.8 Å². The summed E-state index contributed by atoms with van der Waals surface area (Å²) < 4.78 is 5.50. The van der Waals surface area contributed by atoms with Crippen molar-refractivity contribution in [3.05, 3.63) is 0 Å². The van der Waals surface area contributed by atoms with Crippen LogP contribution in [0.2, 0.25) is 0 Å². The van der Waals surface area contributed by atoms with Crippen molar-refractivity contribution >= 4 is 47.4 Å². The Bertz CT molecular complexity index is 756. The van der Waals surface area contributed by atoms with E-state index >= 15 is 0 Å². The van der Waals surface area contributed by atoms with Crippen LogP contribution in [0.3, 0.4) is 0 Å². The Morgan fingerprint density at radius 1 is 0.730 bits per heavy atom. The first-order valence-corrected chi connectivity index (χ1v) is 15.6. The second-order valence-electron chi connectivity index (χ2n) is 10.0. The zero-order valence-corrected chi connectivity index (χ0v) is 22.9. The minimum atomic E-state index is -0.0625. The number of nitrogens with one attached hydrogen (secondary N) is 6. The van der Waals surface area contributed by atoms with Crippen molar-refractivity contribution in [2.45, 2.75) is 86.0 Å². The van der Waals surface area contributed by atoms with E-state index in [2.05, 4.69) is 31.9 Å². The lowest BCUT2D eigenvalue weighted by Gasteiger charge is -2.16. The van der Waals surface area contributed by atoms with E-state index in [1.54, 1.807) is 0 Å². The van der Waals surface area contributed by atoms with Crippen molar-refractivity contribution in [1.29, 1.82) is 0 Å². The summed E-state index contributed by atoms with van der Waals surface area (Å²) in [6, 6.07) is 0.808. The van der Waals surface area contributed by atoms with Gasteiger partial charge < -0.3 is 36.6 Å². The van der Waals surface area contributed by atoms with Gasteiger partial charge in [-0.2, -0.15) is 23.5 Å². The van der Waals surface area contributed by atoms with E-state index in [0.29, 0.717) is 49.6 Å². The fourth-order valence-electron chi connectivity index (χ4n) is 5.35. The highest BCUT2D eigenvalue weighted by atomic mass is 32.2. The first kappa shape index (κ1) is 28.2. The molecule has 0 unspecified atom stereocenters. The van der Waals surface area contributed by atoms with Crippen LogP contribution < -0.4 is 31.9 Å². The Morgan fingerprint density at radius 3 is 1.65 bits per heavy atom. The van der Waals surface area contributed by atoms with Crippen LogP contribution in [0, 0.1) is 0 Å².